The van der Waals surface area contributed by atoms with Crippen molar-refractivity contribution in [2.75, 3.05) is 329 Å². The minimum atomic E-state index is -0.0576. The van der Waals surface area contributed by atoms with Crippen LogP contribution in [0.3, 0.4) is 0 Å². The summed E-state index contributed by atoms with van der Waals surface area (Å²) in [5.74, 6) is 2.23. The van der Waals surface area contributed by atoms with Crippen LogP contribution in [0.2, 0.25) is 0 Å². The number of hydrogen-bond acceptors (Lipinski definition) is 31. The number of azide groups is 1. The van der Waals surface area contributed by atoms with E-state index >= 15 is 0 Å². The van der Waals surface area contributed by atoms with Crippen molar-refractivity contribution in [3.05, 3.63) is 16.3 Å². The third-order valence-electron chi connectivity index (χ3n) is 14.9. The molecule has 0 unspecified atom stereocenters. The van der Waals surface area contributed by atoms with Crippen LogP contribution in [0.25, 0.3) is 21.5 Å². The second-order valence-corrected chi connectivity index (χ2v) is 23.7. The van der Waals surface area contributed by atoms with Gasteiger partial charge in [-0.25, -0.2) is 4.98 Å². The van der Waals surface area contributed by atoms with Gasteiger partial charge in [0.25, 0.3) is 5.88 Å². The third-order valence-corrected chi connectivity index (χ3v) is 14.9. The molecular weight excluding hydrogens is 1380 g/mol. The van der Waals surface area contributed by atoms with Gasteiger partial charge < -0.3 is 134 Å². The Morgan fingerprint density at radius 3 is 0.981 bits per heavy atom. The Bertz CT molecular complexity index is 2270. The first-order valence-corrected chi connectivity index (χ1v) is 37.8. The molecule has 0 aromatic carbocycles. The number of carbonyl (C=O) groups is 1. The number of hydrogen-bond donors (Lipinski definition) is 2. The Morgan fingerprint density at radius 2 is 0.714 bits per heavy atom. The summed E-state index contributed by atoms with van der Waals surface area (Å²) in [5, 5.41) is 15.0. The van der Waals surface area contributed by atoms with Crippen molar-refractivity contribution in [3.63, 3.8) is 0 Å². The lowest BCUT2D eigenvalue weighted by Gasteiger charge is -2.30. The van der Waals surface area contributed by atoms with Gasteiger partial charge in [-0.15, -0.1) is 10.2 Å². The first-order valence-electron chi connectivity index (χ1n) is 37.8. The van der Waals surface area contributed by atoms with Crippen LogP contribution >= 0.6 is 0 Å². The lowest BCUT2D eigenvalue weighted by Crippen LogP contribution is -2.38. The van der Waals surface area contributed by atoms with E-state index in [-0.39, 0.29) is 18.1 Å². The molecule has 612 valence electrons. The number of rotatable bonds is 83. The normalized spacial score (nSPS) is 14.0. The number of amides is 1. The maximum Gasteiger partial charge on any atom is 0.260 e. The SMILES string of the molecule is CCCCc1nc2c(N)nnc(OC(C)C)c2n1CC1CCC(NC(=O)CCOCCOCCOCCOCCOCCOCCOCCOCCOCCOCCOCCOCCOCCOCCOCCOCCOCCOCCOCCOCCOCCOCCOCCOCCN=[N+]=[N-])CC1. The van der Waals surface area contributed by atoms with Crippen LogP contribution in [-0.2, 0) is 131 Å². The summed E-state index contributed by atoms with van der Waals surface area (Å²) in [5.41, 5.74) is 15.9. The van der Waals surface area contributed by atoms with Crippen molar-refractivity contribution in [1.29, 1.82) is 0 Å². The summed E-state index contributed by atoms with van der Waals surface area (Å²) in [6, 6.07) is 0.156. The second-order valence-electron chi connectivity index (χ2n) is 23.7. The number of anilines is 1. The van der Waals surface area contributed by atoms with Crippen LogP contribution in [-0.4, -0.2) is 361 Å². The molecule has 35 heteroatoms. The fourth-order valence-electron chi connectivity index (χ4n) is 9.64. The van der Waals surface area contributed by atoms with E-state index in [1.54, 1.807) is 0 Å². The molecule has 1 aliphatic carbocycles. The van der Waals surface area contributed by atoms with Crippen molar-refractivity contribution in [2.45, 2.75) is 90.8 Å². The summed E-state index contributed by atoms with van der Waals surface area (Å²) >= 11 is 0. The lowest BCUT2D eigenvalue weighted by molar-refractivity contribution is -0.123. The molecule has 2 heterocycles. The van der Waals surface area contributed by atoms with Crippen molar-refractivity contribution < 1.29 is 123 Å². The van der Waals surface area contributed by atoms with E-state index in [2.05, 4.69) is 37.0 Å². The Morgan fingerprint density at radius 1 is 0.438 bits per heavy atom. The zero-order chi connectivity index (χ0) is 74.7. The predicted molar refractivity (Wildman–Crippen MR) is 386 cm³/mol. The van der Waals surface area contributed by atoms with Crippen molar-refractivity contribution in [2.24, 2.45) is 11.0 Å². The fraction of sp³-hybridized carbons (Fsp3) is 0.914. The summed E-state index contributed by atoms with van der Waals surface area (Å²) < 4.78 is 141. The van der Waals surface area contributed by atoms with Gasteiger partial charge in [-0.1, -0.05) is 18.5 Å². The molecule has 3 rings (SSSR count). The molecule has 105 heavy (non-hydrogen) atoms. The van der Waals surface area contributed by atoms with E-state index in [9.17, 15) is 4.79 Å². The van der Waals surface area contributed by atoms with E-state index in [0.717, 1.165) is 62.8 Å². The lowest BCUT2D eigenvalue weighted by atomic mass is 9.85. The number of nitrogens with zero attached hydrogens (tertiary/aromatic N) is 7. The molecule has 1 aliphatic rings. The fourth-order valence-corrected chi connectivity index (χ4v) is 9.64. The van der Waals surface area contributed by atoms with E-state index in [4.69, 9.17) is 135 Å². The van der Waals surface area contributed by atoms with Gasteiger partial charge in [-0.05, 0) is 57.4 Å². The molecular formula is C70H131N9O26. The minimum Gasteiger partial charge on any atom is -0.472 e. The van der Waals surface area contributed by atoms with Crippen LogP contribution in [0.1, 0.15) is 71.5 Å². The van der Waals surface area contributed by atoms with E-state index in [1.807, 2.05) is 13.8 Å². The molecule has 2 aromatic heterocycles. The molecule has 1 fully saturated rings. The Kier molecular flexibility index (Phi) is 67.1. The number of ether oxygens (including phenoxy) is 25. The van der Waals surface area contributed by atoms with Gasteiger partial charge in [0.15, 0.2) is 5.82 Å². The highest BCUT2D eigenvalue weighted by Crippen LogP contribution is 2.33. The van der Waals surface area contributed by atoms with Crippen LogP contribution in [0, 0.1) is 5.92 Å². The van der Waals surface area contributed by atoms with Gasteiger partial charge >= 0.3 is 0 Å². The predicted octanol–water partition coefficient (Wildman–Crippen LogP) is 4.31. The minimum absolute atomic E-state index is 0.00888. The zero-order valence-electron chi connectivity index (χ0n) is 63.6. The smallest absolute Gasteiger partial charge is 0.260 e. The van der Waals surface area contributed by atoms with Gasteiger partial charge in [0.2, 0.25) is 5.91 Å². The highest BCUT2D eigenvalue weighted by Gasteiger charge is 2.27. The third kappa shape index (κ3) is 58.6. The molecule has 0 aliphatic heterocycles. The molecule has 1 amide bonds. The zero-order valence-corrected chi connectivity index (χ0v) is 63.6. The summed E-state index contributed by atoms with van der Waals surface area (Å²) in [6.07, 6.45) is 7.03. The van der Waals surface area contributed by atoms with E-state index in [1.165, 1.54) is 0 Å². The highest BCUT2D eigenvalue weighted by atomic mass is 16.6. The number of aryl methyl sites for hydroxylation is 1. The summed E-state index contributed by atoms with van der Waals surface area (Å²) in [4.78, 5) is 20.3. The van der Waals surface area contributed by atoms with E-state index < -0.39 is 0 Å². The summed E-state index contributed by atoms with van der Waals surface area (Å²) in [6.45, 7) is 29.6. The van der Waals surface area contributed by atoms with Gasteiger partial charge in [-0.3, -0.25) is 4.79 Å². The quantitative estimate of drug-likeness (QED) is 0.0403. The monoisotopic (exact) mass is 1510 g/mol. The molecule has 1 saturated carbocycles. The van der Waals surface area contributed by atoms with Crippen molar-refractivity contribution in [1.82, 2.24) is 25.1 Å². The Hall–Kier alpha value is -4.03. The second kappa shape index (κ2) is 74.1. The van der Waals surface area contributed by atoms with Gasteiger partial charge in [0.1, 0.15) is 16.9 Å². The Labute approximate surface area is 622 Å². The van der Waals surface area contributed by atoms with Gasteiger partial charge in [0.05, 0.1) is 323 Å². The number of fused-ring (bicyclic) bond motifs is 1. The maximum absolute atomic E-state index is 12.7. The number of nitrogens with two attached hydrogens (primary N) is 1. The van der Waals surface area contributed by atoms with Crippen LogP contribution in [0.4, 0.5) is 5.82 Å². The summed E-state index contributed by atoms with van der Waals surface area (Å²) in [7, 11) is 0. The Balaban J connectivity index is 0.883. The number of unbranched alkanes of at least 4 members (excludes halogenated alkanes) is 1. The van der Waals surface area contributed by atoms with E-state index in [0.29, 0.717) is 353 Å². The molecule has 0 atom stereocenters. The largest absolute Gasteiger partial charge is 0.472 e. The van der Waals surface area contributed by atoms with Crippen molar-refractivity contribution in [3.8, 4) is 5.88 Å². The van der Waals surface area contributed by atoms with Crippen LogP contribution < -0.4 is 15.8 Å². The average molecular weight is 1510 g/mol. The molecule has 0 spiro atoms. The first-order chi connectivity index (χ1) is 51.9. The number of imidazole rings is 1. The molecule has 35 nitrogen and oxygen atoms in total. The van der Waals surface area contributed by atoms with Crippen LogP contribution in [0.5, 0.6) is 5.88 Å². The first kappa shape index (κ1) is 95.2. The topological polar surface area (TPSA) is 378 Å². The number of nitrogen functional groups attached to an aromatic ring is 1. The number of nitrogens with one attached hydrogen (secondary N) is 1. The molecule has 2 aromatic rings. The standard InChI is InChI=1S/C70H131N9O26/c1-4-5-6-65-75-67-68(70(105-62(2)3)77-76-69(67)71)79(65)61-63-7-9-64(10-8-63)74-66(80)11-13-81-15-17-83-19-21-85-23-25-87-27-29-89-31-33-91-35-37-93-39-41-95-43-45-97-47-49-99-51-53-101-55-57-103-59-60-104-58-56-102-54-52-100-50-48-98-46-44-96-42-40-94-38-36-92-34-32-90-30-28-88-26-24-86-22-20-84-18-16-82-14-12-73-78-72/h62-64H,4-61H2,1-3H3,(H2,71,76)(H,74,80). The molecule has 0 bridgehead atoms. The van der Waals surface area contributed by atoms with Crippen molar-refractivity contribution >= 4 is 22.8 Å². The average Bonchev–Trinajstić information content (AvgIpc) is 1.63. The number of carbonyl (C=O) groups excluding carboxylic acids is 1. The maximum atomic E-state index is 12.7. The highest BCUT2D eigenvalue weighted by molar-refractivity contribution is 5.88. The van der Waals surface area contributed by atoms with Gasteiger partial charge in [-0.2, -0.15) is 0 Å². The molecule has 0 saturated heterocycles. The van der Waals surface area contributed by atoms with Gasteiger partial charge in [0, 0.05) is 36.9 Å². The number of aromatic nitrogens is 4. The van der Waals surface area contributed by atoms with Crippen LogP contribution in [0.15, 0.2) is 5.11 Å². The molecule has 3 N–H and O–H groups in total. The molecule has 0 radical (unpaired) electrons.